The van der Waals surface area contributed by atoms with Gasteiger partial charge in [0, 0.05) is 55.8 Å². The van der Waals surface area contributed by atoms with Crippen LogP contribution in [0.15, 0.2) is 41.3 Å². The number of anilines is 5. The summed E-state index contributed by atoms with van der Waals surface area (Å²) >= 11 is 3.60. The lowest BCUT2D eigenvalue weighted by molar-refractivity contribution is 0.311. The molecule has 12 heteroatoms. The Morgan fingerprint density at radius 3 is 2.47 bits per heavy atom. The van der Waals surface area contributed by atoms with Gasteiger partial charge in [0.25, 0.3) is 0 Å². The third kappa shape index (κ3) is 5.50. The molecule has 10 nitrogen and oxygen atoms in total. The summed E-state index contributed by atoms with van der Waals surface area (Å²) < 4.78 is 6.40. The highest BCUT2D eigenvalue weighted by atomic mass is 79.9. The minimum Gasteiger partial charge on any atom is -0.479 e. The Bertz CT molecular complexity index is 1460. The number of benzene rings is 1. The van der Waals surface area contributed by atoms with Crippen molar-refractivity contribution >= 4 is 69.1 Å². The normalized spacial score (nSPS) is 14.2. The van der Waals surface area contributed by atoms with Gasteiger partial charge in [-0.3, -0.25) is 9.97 Å². The molecule has 1 aliphatic heterocycles. The highest BCUT2D eigenvalue weighted by Gasteiger charge is 2.21. The van der Waals surface area contributed by atoms with Gasteiger partial charge < -0.3 is 25.2 Å². The Kier molecular flexibility index (Phi) is 7.88. The van der Waals surface area contributed by atoms with Crippen LogP contribution < -0.4 is 25.6 Å². The average Bonchev–Trinajstić information content (AvgIpc) is 2.91. The molecule has 1 aliphatic rings. The van der Waals surface area contributed by atoms with Gasteiger partial charge in [0.15, 0.2) is 0 Å². The summed E-state index contributed by atoms with van der Waals surface area (Å²) in [5, 5.41) is 7.94. The molecule has 0 bridgehead atoms. The lowest BCUT2D eigenvalue weighted by atomic mass is 10.2. The molecule has 1 fully saturated rings. The molecule has 0 saturated carbocycles. The summed E-state index contributed by atoms with van der Waals surface area (Å²) in [6.07, 6.45) is 5.17. The van der Waals surface area contributed by atoms with Gasteiger partial charge in [-0.15, -0.1) is 0 Å². The van der Waals surface area contributed by atoms with Gasteiger partial charge >= 0.3 is 0 Å². The summed E-state index contributed by atoms with van der Waals surface area (Å²) in [6.45, 7) is 10.4. The van der Waals surface area contributed by atoms with E-state index in [9.17, 15) is 0 Å². The molecule has 0 aliphatic carbocycles. The van der Waals surface area contributed by atoms with E-state index in [-0.39, 0.29) is 0 Å². The standard InChI is InChI=1S/C26H31BrN9OP/c1-16-14-20(25(37-3)34-24(16)36-12-10-35(2)11-13-36)32-26-30-15-17(27)23(33-26)31-19-7-6-18-21(22(19)38(4)5)29-9-8-28-18/h6-9,14-15H,10-13H2,1-5H3,(H2,30,31,32,33). The van der Waals surface area contributed by atoms with E-state index in [1.54, 1.807) is 25.7 Å². The molecule has 198 valence electrons. The van der Waals surface area contributed by atoms with Crippen molar-refractivity contribution < 1.29 is 4.74 Å². The first-order valence-corrected chi connectivity index (χ1v) is 15.3. The van der Waals surface area contributed by atoms with Crippen LogP contribution in [0.2, 0.25) is 0 Å². The number of methoxy groups -OCH3 is 1. The zero-order valence-corrected chi connectivity index (χ0v) is 24.6. The molecule has 1 saturated heterocycles. The highest BCUT2D eigenvalue weighted by molar-refractivity contribution is 9.10. The molecule has 0 spiro atoms. The van der Waals surface area contributed by atoms with Crippen LogP contribution in [0.4, 0.5) is 29.0 Å². The van der Waals surface area contributed by atoms with E-state index in [4.69, 9.17) is 14.7 Å². The van der Waals surface area contributed by atoms with Gasteiger partial charge in [-0.2, -0.15) is 9.97 Å². The molecule has 5 rings (SSSR count). The van der Waals surface area contributed by atoms with Crippen LogP contribution in [-0.4, -0.2) is 83.5 Å². The van der Waals surface area contributed by atoms with Crippen molar-refractivity contribution in [2.24, 2.45) is 0 Å². The van der Waals surface area contributed by atoms with Crippen LogP contribution in [-0.2, 0) is 0 Å². The Hall–Kier alpha value is -3.14. The summed E-state index contributed by atoms with van der Waals surface area (Å²) in [4.78, 5) is 27.8. The molecule has 4 heterocycles. The highest BCUT2D eigenvalue weighted by Crippen LogP contribution is 2.35. The second kappa shape index (κ2) is 11.3. The molecule has 1 aromatic carbocycles. The number of ether oxygens (including phenoxy) is 1. The number of hydrogen-bond donors (Lipinski definition) is 2. The maximum Gasteiger partial charge on any atom is 0.239 e. The van der Waals surface area contributed by atoms with Crippen LogP contribution in [0.5, 0.6) is 5.88 Å². The maximum atomic E-state index is 5.66. The van der Waals surface area contributed by atoms with Gasteiger partial charge in [-0.1, -0.05) is 7.92 Å². The van der Waals surface area contributed by atoms with E-state index in [0.717, 1.165) is 64.1 Å². The van der Waals surface area contributed by atoms with Crippen LogP contribution in [0, 0.1) is 6.92 Å². The van der Waals surface area contributed by atoms with E-state index in [2.05, 4.69) is 78.6 Å². The molecule has 0 unspecified atom stereocenters. The number of rotatable bonds is 7. The first kappa shape index (κ1) is 26.5. The summed E-state index contributed by atoms with van der Waals surface area (Å²) in [7, 11) is 3.31. The predicted octanol–water partition coefficient (Wildman–Crippen LogP) is 4.50. The van der Waals surface area contributed by atoms with E-state index in [1.165, 1.54) is 0 Å². The molecule has 4 aromatic rings. The van der Waals surface area contributed by atoms with Gasteiger partial charge in [0.05, 0.1) is 22.6 Å². The fourth-order valence-corrected chi connectivity index (χ4v) is 6.01. The number of likely N-dealkylation sites (N-methyl/N-ethyl adjacent to an activating group) is 1. The minimum absolute atomic E-state index is 0.430. The quantitative estimate of drug-likeness (QED) is 0.297. The van der Waals surface area contributed by atoms with Gasteiger partial charge in [0.2, 0.25) is 11.8 Å². The van der Waals surface area contributed by atoms with Crippen molar-refractivity contribution in [1.29, 1.82) is 0 Å². The van der Waals surface area contributed by atoms with Crippen molar-refractivity contribution in [1.82, 2.24) is 29.8 Å². The number of aromatic nitrogens is 5. The van der Waals surface area contributed by atoms with Crippen molar-refractivity contribution in [3.8, 4) is 5.88 Å². The van der Waals surface area contributed by atoms with Crippen molar-refractivity contribution in [2.75, 3.05) is 69.2 Å². The molecule has 2 N–H and O–H groups in total. The Morgan fingerprint density at radius 1 is 0.974 bits per heavy atom. The van der Waals surface area contributed by atoms with Crippen molar-refractivity contribution in [2.45, 2.75) is 6.92 Å². The summed E-state index contributed by atoms with van der Waals surface area (Å²) in [6, 6.07) is 6.05. The number of nitrogens with zero attached hydrogens (tertiary/aromatic N) is 7. The topological polar surface area (TPSA) is 104 Å². The molecule has 0 radical (unpaired) electrons. The second-order valence-electron chi connectivity index (χ2n) is 9.40. The zero-order valence-electron chi connectivity index (χ0n) is 22.2. The van der Waals surface area contributed by atoms with Gasteiger partial charge in [-0.05, 0) is 67.0 Å². The Labute approximate surface area is 232 Å². The SMILES string of the molecule is COc1nc(N2CCN(C)CC2)c(C)cc1Nc1ncc(Br)c(Nc2ccc3nccnc3c2P(C)C)n1. The monoisotopic (exact) mass is 595 g/mol. The molecular weight excluding hydrogens is 565 g/mol. The minimum atomic E-state index is -0.462. The Balaban J connectivity index is 1.43. The van der Waals surface area contributed by atoms with E-state index >= 15 is 0 Å². The van der Waals surface area contributed by atoms with Crippen LogP contribution in [0.25, 0.3) is 11.0 Å². The number of nitrogens with one attached hydrogen (secondary N) is 2. The number of piperazine rings is 1. The number of halogens is 1. The van der Waals surface area contributed by atoms with Crippen molar-refractivity contribution in [3.05, 3.63) is 46.8 Å². The predicted molar refractivity (Wildman–Crippen MR) is 159 cm³/mol. The fraction of sp³-hybridized carbons (Fsp3) is 0.346. The third-order valence-corrected chi connectivity index (χ3v) is 8.38. The van der Waals surface area contributed by atoms with E-state index < -0.39 is 7.92 Å². The molecule has 3 aromatic heterocycles. The van der Waals surface area contributed by atoms with E-state index in [1.807, 2.05) is 18.2 Å². The van der Waals surface area contributed by atoms with E-state index in [0.29, 0.717) is 23.3 Å². The Morgan fingerprint density at radius 2 is 1.74 bits per heavy atom. The van der Waals surface area contributed by atoms with Crippen LogP contribution in [0.3, 0.4) is 0 Å². The third-order valence-electron chi connectivity index (χ3n) is 6.45. The van der Waals surface area contributed by atoms with Gasteiger partial charge in [-0.25, -0.2) is 4.98 Å². The molecule has 0 amide bonds. The molecule has 38 heavy (non-hydrogen) atoms. The maximum absolute atomic E-state index is 5.66. The first-order chi connectivity index (χ1) is 18.3. The van der Waals surface area contributed by atoms with Crippen LogP contribution in [0.1, 0.15) is 5.56 Å². The lowest BCUT2D eigenvalue weighted by Crippen LogP contribution is -2.45. The lowest BCUT2D eigenvalue weighted by Gasteiger charge is -2.34. The smallest absolute Gasteiger partial charge is 0.239 e. The number of pyridine rings is 1. The van der Waals surface area contributed by atoms with Gasteiger partial charge in [0.1, 0.15) is 17.3 Å². The molecule has 0 atom stereocenters. The second-order valence-corrected chi connectivity index (χ2v) is 12.5. The van der Waals surface area contributed by atoms with Crippen LogP contribution >= 0.6 is 23.9 Å². The zero-order chi connectivity index (χ0) is 26.8. The summed E-state index contributed by atoms with van der Waals surface area (Å²) in [5.41, 5.74) is 4.51. The number of aryl methyl sites for hydroxylation is 1. The number of hydrogen-bond acceptors (Lipinski definition) is 10. The van der Waals surface area contributed by atoms with Crippen molar-refractivity contribution in [3.63, 3.8) is 0 Å². The first-order valence-electron chi connectivity index (χ1n) is 12.3. The molecular formula is C26H31BrN9OP. The largest absolute Gasteiger partial charge is 0.479 e. The average molecular weight is 596 g/mol. The number of fused-ring (bicyclic) bond motifs is 1. The summed E-state index contributed by atoms with van der Waals surface area (Å²) in [5.74, 6) is 2.52. The fourth-order valence-electron chi connectivity index (χ4n) is 4.51.